The first kappa shape index (κ1) is 13.6. The van der Waals surface area contributed by atoms with E-state index in [9.17, 15) is 4.79 Å². The molecular formula is C10H17NO4. The van der Waals surface area contributed by atoms with E-state index in [1.807, 2.05) is 0 Å². The van der Waals surface area contributed by atoms with Crippen LogP contribution in [0.25, 0.3) is 0 Å². The van der Waals surface area contributed by atoms with Gasteiger partial charge in [0.25, 0.3) is 0 Å². The number of hydrogen-bond donors (Lipinski definition) is 2. The number of rotatable bonds is 4. The van der Waals surface area contributed by atoms with E-state index < -0.39 is 5.97 Å². The molecule has 0 aromatic heterocycles. The van der Waals surface area contributed by atoms with Gasteiger partial charge in [-0.3, -0.25) is 4.99 Å². The summed E-state index contributed by atoms with van der Waals surface area (Å²) in [5, 5.41) is 16.7. The van der Waals surface area contributed by atoms with Crippen molar-refractivity contribution in [3.8, 4) is 0 Å². The largest absolute Gasteiger partial charge is 0.482 e. The standard InChI is InChI=1S/C7H12O3.C3H5NO/c1-6(7(9)10)4-2-3-5-8;1-2-5-3-4-1/h4,8H,2-3,5H2,1H3,(H,9,10);3H,1-2H2. The lowest BCUT2D eigenvalue weighted by Crippen LogP contribution is -1.95. The normalized spacial score (nSPS) is 14.1. The molecule has 0 saturated carbocycles. The van der Waals surface area contributed by atoms with Gasteiger partial charge in [-0.2, -0.15) is 0 Å². The van der Waals surface area contributed by atoms with Crippen molar-refractivity contribution in [2.24, 2.45) is 4.99 Å². The predicted octanol–water partition coefficient (Wildman–Crippen LogP) is 0.835. The number of ether oxygens (including phenoxy) is 1. The van der Waals surface area contributed by atoms with Gasteiger partial charge in [-0.15, -0.1) is 0 Å². The van der Waals surface area contributed by atoms with Gasteiger partial charge < -0.3 is 14.9 Å². The third kappa shape index (κ3) is 8.96. The molecule has 0 radical (unpaired) electrons. The highest BCUT2D eigenvalue weighted by Gasteiger charge is 1.96. The third-order valence-electron chi connectivity index (χ3n) is 1.64. The van der Waals surface area contributed by atoms with Crippen molar-refractivity contribution in [1.82, 2.24) is 0 Å². The molecule has 1 heterocycles. The van der Waals surface area contributed by atoms with Gasteiger partial charge in [0.15, 0.2) is 6.40 Å². The van der Waals surface area contributed by atoms with Crippen LogP contribution < -0.4 is 0 Å². The maximum Gasteiger partial charge on any atom is 0.330 e. The highest BCUT2D eigenvalue weighted by atomic mass is 16.5. The smallest absolute Gasteiger partial charge is 0.330 e. The number of unbranched alkanes of at least 4 members (excludes halogenated alkanes) is 1. The number of carbonyl (C=O) groups is 1. The Morgan fingerprint density at radius 1 is 1.67 bits per heavy atom. The fourth-order valence-electron chi connectivity index (χ4n) is 0.761. The van der Waals surface area contributed by atoms with Gasteiger partial charge in [0.05, 0.1) is 6.54 Å². The van der Waals surface area contributed by atoms with Crippen LogP contribution in [0.2, 0.25) is 0 Å². The van der Waals surface area contributed by atoms with Crippen LogP contribution in [0.3, 0.4) is 0 Å². The van der Waals surface area contributed by atoms with Crippen LogP contribution in [0.5, 0.6) is 0 Å². The zero-order valence-corrected chi connectivity index (χ0v) is 8.85. The number of aliphatic carboxylic acids is 1. The van der Waals surface area contributed by atoms with E-state index in [2.05, 4.69) is 9.73 Å². The number of aliphatic hydroxyl groups excluding tert-OH is 1. The van der Waals surface area contributed by atoms with Crippen LogP contribution in [0.4, 0.5) is 0 Å². The average Bonchev–Trinajstić information content (AvgIpc) is 2.75. The quantitative estimate of drug-likeness (QED) is 0.538. The van der Waals surface area contributed by atoms with E-state index in [-0.39, 0.29) is 6.61 Å². The lowest BCUT2D eigenvalue weighted by atomic mass is 10.2. The molecule has 0 aliphatic carbocycles. The first-order chi connectivity index (χ1) is 7.18. The summed E-state index contributed by atoms with van der Waals surface area (Å²) in [6.07, 6.45) is 4.36. The highest BCUT2D eigenvalue weighted by molar-refractivity contribution is 5.85. The molecule has 0 atom stereocenters. The Balaban J connectivity index is 0.000000322. The molecular weight excluding hydrogens is 198 g/mol. The van der Waals surface area contributed by atoms with Crippen LogP contribution >= 0.6 is 0 Å². The molecule has 15 heavy (non-hydrogen) atoms. The van der Waals surface area contributed by atoms with Crippen molar-refractivity contribution in [3.63, 3.8) is 0 Å². The monoisotopic (exact) mass is 215 g/mol. The SMILES string of the molecule is C1=NCCO1.CC(=CCCCO)C(=O)O. The van der Waals surface area contributed by atoms with Crippen LogP contribution in [-0.2, 0) is 9.53 Å². The number of hydrogen-bond acceptors (Lipinski definition) is 4. The van der Waals surface area contributed by atoms with Gasteiger partial charge in [-0.25, -0.2) is 4.79 Å². The first-order valence-electron chi connectivity index (χ1n) is 4.79. The molecule has 1 aliphatic rings. The number of allylic oxidation sites excluding steroid dienone is 1. The van der Waals surface area contributed by atoms with E-state index in [0.717, 1.165) is 13.2 Å². The van der Waals surface area contributed by atoms with E-state index in [1.165, 1.54) is 6.40 Å². The lowest BCUT2D eigenvalue weighted by Gasteiger charge is -1.91. The van der Waals surface area contributed by atoms with Crippen LogP contribution in [0.1, 0.15) is 19.8 Å². The summed E-state index contributed by atoms with van der Waals surface area (Å²) >= 11 is 0. The van der Waals surface area contributed by atoms with Gasteiger partial charge in [0.1, 0.15) is 6.61 Å². The fraction of sp³-hybridized carbons (Fsp3) is 0.600. The molecule has 0 fully saturated rings. The Morgan fingerprint density at radius 2 is 2.40 bits per heavy atom. The molecule has 0 unspecified atom stereocenters. The minimum Gasteiger partial charge on any atom is -0.482 e. The molecule has 0 amide bonds. The second-order valence-corrected chi connectivity index (χ2v) is 2.94. The van der Waals surface area contributed by atoms with Gasteiger partial charge in [0, 0.05) is 12.2 Å². The van der Waals surface area contributed by atoms with Gasteiger partial charge in [-0.1, -0.05) is 6.08 Å². The first-order valence-corrected chi connectivity index (χ1v) is 4.79. The molecule has 0 bridgehead atoms. The maximum absolute atomic E-state index is 10.2. The molecule has 0 aromatic rings. The van der Waals surface area contributed by atoms with E-state index in [1.54, 1.807) is 13.0 Å². The van der Waals surface area contributed by atoms with Gasteiger partial charge >= 0.3 is 5.97 Å². The summed E-state index contributed by atoms with van der Waals surface area (Å²) in [4.78, 5) is 13.9. The third-order valence-corrected chi connectivity index (χ3v) is 1.64. The highest BCUT2D eigenvalue weighted by Crippen LogP contribution is 1.97. The Bertz CT molecular complexity index is 230. The lowest BCUT2D eigenvalue weighted by molar-refractivity contribution is -0.132. The summed E-state index contributed by atoms with van der Waals surface area (Å²) in [5.74, 6) is -0.891. The Hall–Kier alpha value is -1.36. The summed E-state index contributed by atoms with van der Waals surface area (Å²) in [6.45, 7) is 3.28. The molecule has 1 rings (SSSR count). The van der Waals surface area contributed by atoms with Crippen molar-refractivity contribution in [2.75, 3.05) is 19.8 Å². The van der Waals surface area contributed by atoms with E-state index in [4.69, 9.17) is 10.2 Å². The van der Waals surface area contributed by atoms with Crippen molar-refractivity contribution < 1.29 is 19.7 Å². The van der Waals surface area contributed by atoms with Crippen molar-refractivity contribution >= 4 is 12.4 Å². The fourth-order valence-corrected chi connectivity index (χ4v) is 0.761. The van der Waals surface area contributed by atoms with Crippen molar-refractivity contribution in [3.05, 3.63) is 11.6 Å². The summed E-state index contributed by atoms with van der Waals surface area (Å²) in [5.41, 5.74) is 0.341. The number of aliphatic imine (C=N–C) groups is 1. The second-order valence-electron chi connectivity index (χ2n) is 2.94. The Morgan fingerprint density at radius 3 is 2.73 bits per heavy atom. The number of aliphatic hydroxyl groups is 1. The molecule has 0 spiro atoms. The number of carboxylic acids is 1. The zero-order chi connectivity index (χ0) is 11.5. The minimum atomic E-state index is -0.891. The van der Waals surface area contributed by atoms with Crippen LogP contribution in [-0.4, -0.2) is 42.3 Å². The molecule has 5 heteroatoms. The number of carboxylic acid groups (broad SMARTS) is 1. The summed E-state index contributed by atoms with van der Waals surface area (Å²) in [7, 11) is 0. The van der Waals surface area contributed by atoms with Crippen LogP contribution in [0.15, 0.2) is 16.6 Å². The minimum absolute atomic E-state index is 0.114. The van der Waals surface area contributed by atoms with E-state index >= 15 is 0 Å². The van der Waals surface area contributed by atoms with Crippen molar-refractivity contribution in [1.29, 1.82) is 0 Å². The molecule has 5 nitrogen and oxygen atoms in total. The summed E-state index contributed by atoms with van der Waals surface area (Å²) < 4.78 is 4.65. The topological polar surface area (TPSA) is 79.1 Å². The number of nitrogens with zero attached hydrogens (tertiary/aromatic N) is 1. The predicted molar refractivity (Wildman–Crippen MR) is 57.0 cm³/mol. The molecule has 0 aromatic carbocycles. The Labute approximate surface area is 89.1 Å². The maximum atomic E-state index is 10.2. The Kier molecular flexibility index (Phi) is 8.37. The zero-order valence-electron chi connectivity index (χ0n) is 8.85. The molecule has 1 aliphatic heterocycles. The summed E-state index contributed by atoms with van der Waals surface area (Å²) in [6, 6.07) is 0. The van der Waals surface area contributed by atoms with Crippen LogP contribution in [0, 0.1) is 0 Å². The molecule has 86 valence electrons. The van der Waals surface area contributed by atoms with Gasteiger partial charge in [-0.05, 0) is 19.8 Å². The second kappa shape index (κ2) is 9.21. The molecule has 0 saturated heterocycles. The molecule has 2 N–H and O–H groups in total. The average molecular weight is 215 g/mol. The van der Waals surface area contributed by atoms with E-state index in [0.29, 0.717) is 18.4 Å². The van der Waals surface area contributed by atoms with Gasteiger partial charge in [0.2, 0.25) is 0 Å². The van der Waals surface area contributed by atoms with Crippen molar-refractivity contribution in [2.45, 2.75) is 19.8 Å².